The van der Waals surface area contributed by atoms with Crippen molar-refractivity contribution in [1.82, 2.24) is 4.90 Å². The van der Waals surface area contributed by atoms with Gasteiger partial charge in [0.15, 0.2) is 11.5 Å². The topological polar surface area (TPSA) is 41.9 Å². The molecular formula is C20H31NO3. The first-order valence-corrected chi connectivity index (χ1v) is 7.07. The van der Waals surface area contributed by atoms with Crippen molar-refractivity contribution in [3.63, 3.8) is 0 Å². The number of hydrogen-bond acceptors (Lipinski definition) is 4. The number of aliphatic hydroxyl groups excluding tert-OH is 1. The number of nitrogens with zero attached hydrogens (tertiary/aromatic N) is 1. The third kappa shape index (κ3) is 3.40. The monoisotopic (exact) mass is 354 g/mol. The first-order chi connectivity index (χ1) is 19.5. The van der Waals surface area contributed by atoms with E-state index in [4.69, 9.17) is 36.9 Å². The van der Waals surface area contributed by atoms with E-state index in [9.17, 15) is 6.48 Å². The largest absolute Gasteiger partial charge is 0.493 e. The van der Waals surface area contributed by atoms with Gasteiger partial charge in [0.2, 0.25) is 0 Å². The Morgan fingerprint density at radius 3 is 2.88 bits per heavy atom. The lowest BCUT2D eigenvalue weighted by Crippen LogP contribution is -2.48. The number of ether oxygens (including phenoxy) is 2. The second-order valence-corrected chi connectivity index (χ2v) is 5.72. The van der Waals surface area contributed by atoms with Crippen LogP contribution in [0.5, 0.6) is 11.5 Å². The van der Waals surface area contributed by atoms with Gasteiger partial charge in [0.1, 0.15) is 0 Å². The number of benzene rings is 1. The molecule has 3 atom stereocenters. The summed E-state index contributed by atoms with van der Waals surface area (Å²) in [4.78, 5) is -0.0899. The molecule has 1 N–H and O–H groups in total. The smallest absolute Gasteiger partial charge is 0.161 e. The molecule has 1 fully saturated rings. The Hall–Kier alpha value is -1.26. The van der Waals surface area contributed by atoms with Gasteiger partial charge < -0.3 is 14.6 Å². The Morgan fingerprint density at radius 2 is 2.17 bits per heavy atom. The highest BCUT2D eigenvalue weighted by atomic mass is 16.5. The number of aliphatic hydroxyl groups is 1. The van der Waals surface area contributed by atoms with Crippen LogP contribution in [0.3, 0.4) is 0 Å². The molecule has 2 aliphatic heterocycles. The van der Waals surface area contributed by atoms with Crippen LogP contribution >= 0.6 is 0 Å². The summed E-state index contributed by atoms with van der Waals surface area (Å²) in [5, 5.41) is 11.3. The fraction of sp³-hybridized carbons (Fsp3) is 0.700. The number of piperidine rings is 1. The van der Waals surface area contributed by atoms with Crippen molar-refractivity contribution >= 4 is 0 Å². The summed E-state index contributed by atoms with van der Waals surface area (Å²) in [6.07, 6.45) is -10.8. The van der Waals surface area contributed by atoms with Gasteiger partial charge in [0.05, 0.1) is 29.8 Å². The third-order valence-corrected chi connectivity index (χ3v) is 3.69. The van der Waals surface area contributed by atoms with Crippen molar-refractivity contribution in [3.05, 3.63) is 23.3 Å². The van der Waals surface area contributed by atoms with E-state index in [0.717, 1.165) is 0 Å². The molecular weight excluding hydrogens is 302 g/mol. The molecule has 1 aromatic carbocycles. The summed E-state index contributed by atoms with van der Waals surface area (Å²) >= 11 is 0. The summed E-state index contributed by atoms with van der Waals surface area (Å²) < 4.78 is 181. The number of fused-ring (bicyclic) bond motifs is 3. The molecule has 1 aromatic rings. The molecule has 24 heavy (non-hydrogen) atoms. The fourth-order valence-electron chi connectivity index (χ4n) is 2.66. The van der Waals surface area contributed by atoms with E-state index in [1.54, 1.807) is 0 Å². The van der Waals surface area contributed by atoms with Crippen molar-refractivity contribution < 1.29 is 43.4 Å². The van der Waals surface area contributed by atoms with E-state index in [-0.39, 0.29) is 4.90 Å². The zero-order chi connectivity index (χ0) is 35.6. The number of aryl methyl sites for hydroxylation is 1. The quantitative estimate of drug-likeness (QED) is 0.903. The molecule has 4 nitrogen and oxygen atoms in total. The molecule has 134 valence electrons. The molecule has 0 bridgehead atoms. The van der Waals surface area contributed by atoms with Crippen LogP contribution in [0.1, 0.15) is 79.4 Å². The van der Waals surface area contributed by atoms with Crippen molar-refractivity contribution in [2.24, 2.45) is 11.3 Å². The van der Waals surface area contributed by atoms with Crippen molar-refractivity contribution in [2.75, 3.05) is 27.1 Å². The predicted octanol–water partition coefficient (Wildman–Crippen LogP) is 3.42. The second-order valence-electron chi connectivity index (χ2n) is 5.72. The summed E-state index contributed by atoms with van der Waals surface area (Å²) in [7, 11) is -6.54. The number of rotatable bonds is 3. The highest BCUT2D eigenvalue weighted by Gasteiger charge is 2.39. The lowest BCUT2D eigenvalue weighted by atomic mass is 9.75. The van der Waals surface area contributed by atoms with Gasteiger partial charge >= 0.3 is 0 Å². The summed E-state index contributed by atoms with van der Waals surface area (Å²) in [5.41, 5.74) is -4.94. The molecule has 1 saturated heterocycles. The van der Waals surface area contributed by atoms with Crippen LogP contribution in [0.15, 0.2) is 12.1 Å². The van der Waals surface area contributed by atoms with Crippen LogP contribution in [0, 0.1) is 11.3 Å². The Bertz CT molecular complexity index is 1300. The van der Waals surface area contributed by atoms with E-state index >= 15 is 0 Å². The summed E-state index contributed by atoms with van der Waals surface area (Å²) in [6, 6.07) is -1.76. The molecule has 2 heterocycles. The van der Waals surface area contributed by atoms with Gasteiger partial charge in [-0.2, -0.15) is 0 Å². The van der Waals surface area contributed by atoms with Crippen LogP contribution in [0.25, 0.3) is 0 Å². The Kier molecular flexibility index (Phi) is 1.41. The maximum atomic E-state index is 11.3. The average molecular weight is 355 g/mol. The van der Waals surface area contributed by atoms with Gasteiger partial charge in [0.25, 0.3) is 0 Å². The first kappa shape index (κ1) is 5.14. The van der Waals surface area contributed by atoms with Crippen LogP contribution in [0.2, 0.25) is 0 Å². The molecule has 3 rings (SSSR count). The Morgan fingerprint density at radius 1 is 1.42 bits per heavy atom. The zero-order valence-electron chi connectivity index (χ0n) is 33.7. The van der Waals surface area contributed by atoms with Gasteiger partial charge in [-0.05, 0) is 53.8 Å². The Labute approximate surface area is 175 Å². The van der Waals surface area contributed by atoms with Crippen LogP contribution in [-0.2, 0) is 6.37 Å². The number of hydrogen-bond donors (Lipinski definition) is 1. The summed E-state index contributed by atoms with van der Waals surface area (Å²) in [6.45, 7) is -14.2. The highest BCUT2D eigenvalue weighted by Crippen LogP contribution is 2.44. The zero-order valence-corrected chi connectivity index (χ0v) is 12.7. The molecule has 0 saturated carbocycles. The van der Waals surface area contributed by atoms with Crippen LogP contribution < -0.4 is 9.47 Å². The molecule has 0 aromatic heterocycles. The van der Waals surface area contributed by atoms with Gasteiger partial charge in [-0.25, -0.2) is 0 Å². The highest BCUT2D eigenvalue weighted by molar-refractivity contribution is 5.49. The second kappa shape index (κ2) is 6.57. The predicted molar refractivity (Wildman–Crippen MR) is 95.7 cm³/mol. The maximum Gasteiger partial charge on any atom is 0.161 e. The van der Waals surface area contributed by atoms with Crippen LogP contribution in [-0.4, -0.2) is 43.2 Å². The van der Waals surface area contributed by atoms with Crippen LogP contribution in [0.4, 0.5) is 0 Å². The minimum absolute atomic E-state index is 0.0899. The lowest BCUT2D eigenvalue weighted by molar-refractivity contribution is -0.0259. The Balaban J connectivity index is 2.42. The van der Waals surface area contributed by atoms with Gasteiger partial charge in [0, 0.05) is 38.2 Å². The molecule has 0 spiro atoms. The van der Waals surface area contributed by atoms with Crippen molar-refractivity contribution in [2.45, 2.75) is 51.9 Å². The number of methoxy groups -OCH3 is 2. The maximum absolute atomic E-state index is 11.3. The van der Waals surface area contributed by atoms with Gasteiger partial charge in [-0.1, -0.05) is 20.6 Å². The molecule has 4 heteroatoms. The molecule has 2 aliphatic rings. The molecule has 0 amide bonds. The van der Waals surface area contributed by atoms with Crippen molar-refractivity contribution in [1.29, 1.82) is 0 Å². The minimum atomic E-state index is -3.73. The van der Waals surface area contributed by atoms with E-state index < -0.39 is 106 Å². The summed E-state index contributed by atoms with van der Waals surface area (Å²) in [5.74, 6) is -4.53. The lowest BCUT2D eigenvalue weighted by Gasteiger charge is -2.47. The van der Waals surface area contributed by atoms with E-state index in [2.05, 4.69) is 0 Å². The molecule has 3 unspecified atom stereocenters. The van der Waals surface area contributed by atoms with Gasteiger partial charge in [-0.3, -0.25) is 4.90 Å². The first-order valence-electron chi connectivity index (χ1n) is 17.6. The molecule has 0 radical (unpaired) electrons. The normalized spacial score (nSPS) is 52.3. The van der Waals surface area contributed by atoms with E-state index in [0.29, 0.717) is 19.1 Å². The van der Waals surface area contributed by atoms with Crippen molar-refractivity contribution in [3.8, 4) is 11.5 Å². The fourth-order valence-corrected chi connectivity index (χ4v) is 2.66. The molecule has 0 aliphatic carbocycles. The third-order valence-electron chi connectivity index (χ3n) is 3.69. The average Bonchev–Trinajstić information content (AvgIpc) is 2.73. The van der Waals surface area contributed by atoms with Gasteiger partial charge in [-0.15, -0.1) is 0 Å². The van der Waals surface area contributed by atoms with E-state index in [1.807, 2.05) is 0 Å². The standard InChI is InChI=1S/C20H31NO3/c1-20(2,3)11-14-12-21-7-6-13-8-18(23-4)19(24-5)9-15(13)16(21)10-17(14)22/h8-9,14,16-17,22H,6-7,10-12H2,1-5H3/i1D3,2D3,4D3,5D3,6D2,7D2,11D2,12D2,16D. The minimum Gasteiger partial charge on any atom is -0.493 e. The SMILES string of the molecule is [2H]C([2H])([2H])Oc1cc2c(cc1OC([2H])([2H])[2H])C([2H])([2H])C([2H])([2H])N1C2([2H])CC(O)C(C([2H])([2H])C(C)(C([2H])([2H])[2H])C([2H])([2H])[2H])C1([2H])[2H]. The van der Waals surface area contributed by atoms with E-state index in [1.165, 1.54) is 0 Å².